The van der Waals surface area contributed by atoms with E-state index in [9.17, 15) is 9.90 Å². The van der Waals surface area contributed by atoms with Gasteiger partial charge >= 0.3 is 6.09 Å². The molecule has 42 heavy (non-hydrogen) atoms. The van der Waals surface area contributed by atoms with E-state index in [1.165, 1.54) is 0 Å². The largest absolute Gasteiger partial charge is 0.493 e. The molecule has 218 valence electrons. The van der Waals surface area contributed by atoms with Crippen LogP contribution in [0.4, 0.5) is 16.6 Å². The number of aliphatic hydroxyl groups excluding tert-OH is 1. The van der Waals surface area contributed by atoms with Gasteiger partial charge in [0.1, 0.15) is 11.4 Å². The van der Waals surface area contributed by atoms with Crippen LogP contribution in [0.2, 0.25) is 0 Å². The number of carbonyl (C=O) groups excluding carboxylic acids is 1. The van der Waals surface area contributed by atoms with Crippen LogP contribution in [-0.2, 0) is 17.6 Å². The topological polar surface area (TPSA) is 132 Å². The molecule has 4 aromatic rings. The van der Waals surface area contributed by atoms with Crippen molar-refractivity contribution in [1.29, 1.82) is 0 Å². The predicted molar refractivity (Wildman–Crippen MR) is 160 cm³/mol. The lowest BCUT2D eigenvalue weighted by Crippen LogP contribution is -2.51. The molecule has 2 heterocycles. The lowest BCUT2D eigenvalue weighted by Gasteiger charge is -2.41. The Kier molecular flexibility index (Phi) is 7.47. The molecule has 1 aliphatic carbocycles. The maximum absolute atomic E-state index is 13.4. The molecule has 1 amide bonds. The van der Waals surface area contributed by atoms with Crippen LogP contribution in [-0.4, -0.2) is 60.2 Å². The molecule has 4 N–H and O–H groups in total. The second-order valence-corrected chi connectivity index (χ2v) is 10.9. The van der Waals surface area contributed by atoms with Crippen LogP contribution >= 0.6 is 0 Å². The first-order valence-corrected chi connectivity index (χ1v) is 14.1. The molecule has 2 atom stereocenters. The van der Waals surface area contributed by atoms with E-state index in [2.05, 4.69) is 15.2 Å². The van der Waals surface area contributed by atoms with Crippen LogP contribution in [0.15, 0.2) is 66.7 Å². The van der Waals surface area contributed by atoms with Crippen molar-refractivity contribution in [2.24, 2.45) is 0 Å². The second-order valence-electron chi connectivity index (χ2n) is 10.9. The third-order valence-corrected chi connectivity index (χ3v) is 8.33. The van der Waals surface area contributed by atoms with Gasteiger partial charge in [0.15, 0.2) is 11.5 Å². The Hall–Kier alpha value is -4.57. The number of anilines is 2. The first-order chi connectivity index (χ1) is 20.4. The molecule has 1 saturated heterocycles. The van der Waals surface area contributed by atoms with Crippen LogP contribution in [0.3, 0.4) is 0 Å². The Bertz CT molecular complexity index is 1590. The highest BCUT2D eigenvalue weighted by Gasteiger charge is 2.41. The van der Waals surface area contributed by atoms with Gasteiger partial charge in [0, 0.05) is 50.2 Å². The monoisotopic (exact) mass is 569 g/mol. The van der Waals surface area contributed by atoms with Gasteiger partial charge < -0.3 is 35.3 Å². The molecule has 6 rings (SSSR count). The Balaban J connectivity index is 1.22. The average Bonchev–Trinajstić information content (AvgIpc) is 3.31. The molecule has 10 nitrogen and oxygen atoms in total. The number of benzene rings is 3. The molecule has 1 fully saturated rings. The van der Waals surface area contributed by atoms with Crippen molar-refractivity contribution in [3.8, 4) is 11.5 Å². The maximum atomic E-state index is 13.4. The van der Waals surface area contributed by atoms with Gasteiger partial charge in [-0.25, -0.2) is 9.78 Å². The lowest BCUT2D eigenvalue weighted by molar-refractivity contribution is -0.0113. The molecule has 0 bridgehead atoms. The number of aliphatic hydroxyl groups is 1. The number of nitrogen functional groups attached to an aromatic ring is 1. The van der Waals surface area contributed by atoms with Crippen LogP contribution in [0, 0.1) is 0 Å². The highest BCUT2D eigenvalue weighted by atomic mass is 16.6. The normalized spacial score (nSPS) is 19.3. The van der Waals surface area contributed by atoms with Gasteiger partial charge in [-0.2, -0.15) is 4.98 Å². The van der Waals surface area contributed by atoms with E-state index >= 15 is 0 Å². The summed E-state index contributed by atoms with van der Waals surface area (Å²) in [6.07, 6.45) is 0.956. The van der Waals surface area contributed by atoms with Crippen LogP contribution in [0.1, 0.15) is 35.6 Å². The minimum Gasteiger partial charge on any atom is -0.493 e. The van der Waals surface area contributed by atoms with E-state index in [-0.39, 0.29) is 0 Å². The van der Waals surface area contributed by atoms with Crippen LogP contribution in [0.5, 0.6) is 11.5 Å². The fourth-order valence-corrected chi connectivity index (χ4v) is 6.11. The Labute approximate surface area is 244 Å². The number of aromatic nitrogens is 2. The summed E-state index contributed by atoms with van der Waals surface area (Å²) in [6, 6.07) is 20.9. The quantitative estimate of drug-likeness (QED) is 0.300. The Morgan fingerprint density at radius 2 is 1.71 bits per heavy atom. The third-order valence-electron chi connectivity index (χ3n) is 8.33. The molecule has 0 saturated carbocycles. The van der Waals surface area contributed by atoms with Gasteiger partial charge in [0.05, 0.1) is 31.9 Å². The van der Waals surface area contributed by atoms with Crippen molar-refractivity contribution >= 4 is 28.8 Å². The molecular weight excluding hydrogens is 534 g/mol. The van der Waals surface area contributed by atoms with Gasteiger partial charge in [-0.05, 0) is 22.8 Å². The number of ether oxygens (including phenoxy) is 3. The highest BCUT2D eigenvalue weighted by Crippen LogP contribution is 2.37. The number of carbonyl (C=O) groups is 1. The number of nitrogens with zero attached hydrogens (tertiary/aromatic N) is 3. The number of piperidine rings is 1. The van der Waals surface area contributed by atoms with Crippen molar-refractivity contribution in [2.45, 2.75) is 43.4 Å². The number of methoxy groups -OCH3 is 2. The molecule has 0 spiro atoms. The smallest absolute Gasteiger partial charge is 0.408 e. The number of amides is 1. The first kappa shape index (κ1) is 27.6. The molecule has 0 unspecified atom stereocenters. The third kappa shape index (κ3) is 5.37. The summed E-state index contributed by atoms with van der Waals surface area (Å²) in [5.41, 5.74) is 9.30. The zero-order valence-electron chi connectivity index (χ0n) is 23.7. The molecule has 3 aromatic carbocycles. The molecule has 0 radical (unpaired) electrons. The van der Waals surface area contributed by atoms with Crippen molar-refractivity contribution in [2.75, 3.05) is 37.9 Å². The van der Waals surface area contributed by atoms with E-state index in [0.29, 0.717) is 72.9 Å². The molecular formula is C32H35N5O5. The van der Waals surface area contributed by atoms with Crippen molar-refractivity contribution in [3.63, 3.8) is 0 Å². The molecule has 1 aliphatic heterocycles. The van der Waals surface area contributed by atoms with Gasteiger partial charge in [0.25, 0.3) is 0 Å². The minimum absolute atomic E-state index is 0.350. The minimum atomic E-state index is -0.746. The summed E-state index contributed by atoms with van der Waals surface area (Å²) in [4.78, 5) is 24.8. The van der Waals surface area contributed by atoms with Crippen molar-refractivity contribution in [3.05, 3.63) is 83.4 Å². The zero-order valence-corrected chi connectivity index (χ0v) is 23.7. The van der Waals surface area contributed by atoms with Gasteiger partial charge in [-0.3, -0.25) is 0 Å². The SMILES string of the molecule is COc1cc2nc(N3CCC(Cc4ccccc4)(OC(=O)N[C@H]4c5ccccc5C[C@@H]4O)CC3)nc(N)c2cc1OC. The molecule has 2 aliphatic rings. The van der Waals surface area contributed by atoms with E-state index in [4.69, 9.17) is 24.9 Å². The molecule has 10 heteroatoms. The summed E-state index contributed by atoms with van der Waals surface area (Å²) in [5.74, 6) is 1.98. The van der Waals surface area contributed by atoms with Crippen LogP contribution < -0.4 is 25.4 Å². The van der Waals surface area contributed by atoms with Crippen molar-refractivity contribution in [1.82, 2.24) is 15.3 Å². The number of fused-ring (bicyclic) bond motifs is 2. The van der Waals surface area contributed by atoms with E-state index in [1.807, 2.05) is 54.6 Å². The second kappa shape index (κ2) is 11.4. The van der Waals surface area contributed by atoms with Crippen LogP contribution in [0.25, 0.3) is 10.9 Å². The van der Waals surface area contributed by atoms with E-state index < -0.39 is 23.8 Å². The standard InChI is InChI=1S/C32H35N5O5/c1-40-26-17-23-24(18-27(26)41-2)34-30(36-29(23)33)37-14-12-32(13-15-37,19-20-8-4-3-5-9-20)42-31(39)35-28-22-11-7-6-10-21(22)16-25(28)38/h3-11,17-18,25,28,38H,12-16,19H2,1-2H3,(H,35,39)(H2,33,34,36)/t25-,28-/m0/s1. The van der Waals surface area contributed by atoms with E-state index in [0.717, 1.165) is 16.7 Å². The first-order valence-electron chi connectivity index (χ1n) is 14.1. The summed E-state index contributed by atoms with van der Waals surface area (Å²) < 4.78 is 17.1. The predicted octanol–water partition coefficient (Wildman–Crippen LogP) is 4.20. The summed E-state index contributed by atoms with van der Waals surface area (Å²) in [5, 5.41) is 14.3. The number of hydrogen-bond acceptors (Lipinski definition) is 9. The number of alkyl carbamates (subject to hydrolysis) is 1. The summed E-state index contributed by atoms with van der Waals surface area (Å²) >= 11 is 0. The van der Waals surface area contributed by atoms with Gasteiger partial charge in [-0.1, -0.05) is 54.6 Å². The summed E-state index contributed by atoms with van der Waals surface area (Å²) in [7, 11) is 3.15. The number of hydrogen-bond donors (Lipinski definition) is 3. The van der Waals surface area contributed by atoms with E-state index in [1.54, 1.807) is 26.4 Å². The van der Waals surface area contributed by atoms with Gasteiger partial charge in [-0.15, -0.1) is 0 Å². The Morgan fingerprint density at radius 3 is 2.45 bits per heavy atom. The number of nitrogens with two attached hydrogens (primary N) is 1. The lowest BCUT2D eigenvalue weighted by atomic mass is 9.85. The average molecular weight is 570 g/mol. The fourth-order valence-electron chi connectivity index (χ4n) is 6.11. The maximum Gasteiger partial charge on any atom is 0.408 e. The number of rotatable bonds is 7. The summed E-state index contributed by atoms with van der Waals surface area (Å²) in [6.45, 7) is 1.13. The zero-order chi connectivity index (χ0) is 29.3. The van der Waals surface area contributed by atoms with Crippen molar-refractivity contribution < 1.29 is 24.1 Å². The van der Waals surface area contributed by atoms with Gasteiger partial charge in [0.2, 0.25) is 5.95 Å². The number of nitrogens with one attached hydrogen (secondary N) is 1. The fraction of sp³-hybridized carbons (Fsp3) is 0.344. The Morgan fingerprint density at radius 1 is 1.02 bits per heavy atom. The highest BCUT2D eigenvalue weighted by molar-refractivity contribution is 5.91. The molecule has 1 aromatic heterocycles.